The first-order valence-corrected chi connectivity index (χ1v) is 7.35. The number of ether oxygens (including phenoxy) is 1. The van der Waals surface area contributed by atoms with Gasteiger partial charge in [-0.15, -0.1) is 13.2 Å². The van der Waals surface area contributed by atoms with Crippen LogP contribution in [0.3, 0.4) is 0 Å². The van der Waals surface area contributed by atoms with E-state index in [0.29, 0.717) is 0 Å². The lowest BCUT2D eigenvalue weighted by molar-refractivity contribution is -0.274. The molecule has 0 aliphatic carbocycles. The summed E-state index contributed by atoms with van der Waals surface area (Å²) in [5, 5.41) is 2.34. The average Bonchev–Trinajstić information content (AvgIpc) is 2.57. The number of halogens is 6. The molecule has 0 spiro atoms. The van der Waals surface area contributed by atoms with Gasteiger partial charge in [0.05, 0.1) is 12.1 Å². The molecule has 3 nitrogen and oxygen atoms in total. The van der Waals surface area contributed by atoms with Crippen LogP contribution in [0.15, 0.2) is 48.5 Å². The smallest absolute Gasteiger partial charge is 0.406 e. The zero-order valence-corrected chi connectivity index (χ0v) is 13.4. The molecular formula is C18H11F6NO2. The second-order valence-corrected chi connectivity index (χ2v) is 5.10. The Morgan fingerprint density at radius 3 is 2.19 bits per heavy atom. The third kappa shape index (κ3) is 6.26. The predicted octanol–water partition coefficient (Wildman–Crippen LogP) is 4.39. The van der Waals surface area contributed by atoms with E-state index in [1.807, 2.05) is 0 Å². The van der Waals surface area contributed by atoms with Gasteiger partial charge < -0.3 is 10.1 Å². The molecule has 0 aromatic heterocycles. The van der Waals surface area contributed by atoms with Crippen molar-refractivity contribution in [3.63, 3.8) is 0 Å². The molecule has 2 aromatic rings. The van der Waals surface area contributed by atoms with E-state index in [9.17, 15) is 31.1 Å². The van der Waals surface area contributed by atoms with Gasteiger partial charge in [0.15, 0.2) is 0 Å². The normalized spacial score (nSPS) is 11.3. The van der Waals surface area contributed by atoms with Crippen LogP contribution in [-0.2, 0) is 6.18 Å². The highest BCUT2D eigenvalue weighted by Gasteiger charge is 2.32. The fourth-order valence-corrected chi connectivity index (χ4v) is 2.01. The molecule has 0 unspecified atom stereocenters. The molecule has 0 radical (unpaired) electrons. The van der Waals surface area contributed by atoms with Gasteiger partial charge in [-0.05, 0) is 36.4 Å². The van der Waals surface area contributed by atoms with Crippen molar-refractivity contribution < 1.29 is 35.9 Å². The lowest BCUT2D eigenvalue weighted by Crippen LogP contribution is -2.23. The average molecular weight is 387 g/mol. The van der Waals surface area contributed by atoms with Gasteiger partial charge in [0, 0.05) is 11.1 Å². The SMILES string of the molecule is O=C(NCC#Cc1ccccc1C(F)(F)F)c1ccc(OC(F)(F)F)cc1. The first kappa shape index (κ1) is 20.2. The van der Waals surface area contributed by atoms with E-state index in [-0.39, 0.29) is 17.7 Å². The zero-order valence-electron chi connectivity index (χ0n) is 13.4. The van der Waals surface area contributed by atoms with Crippen LogP contribution < -0.4 is 10.1 Å². The first-order valence-electron chi connectivity index (χ1n) is 7.35. The lowest BCUT2D eigenvalue weighted by atomic mass is 10.1. The quantitative estimate of drug-likeness (QED) is 0.627. The van der Waals surface area contributed by atoms with Crippen LogP contribution in [0.25, 0.3) is 0 Å². The molecule has 9 heteroatoms. The first-order chi connectivity index (χ1) is 12.6. The second kappa shape index (κ2) is 8.03. The maximum absolute atomic E-state index is 12.8. The van der Waals surface area contributed by atoms with Crippen molar-refractivity contribution in [2.45, 2.75) is 12.5 Å². The Labute approximate surface area is 149 Å². The molecule has 0 aliphatic heterocycles. The van der Waals surface area contributed by atoms with E-state index in [1.165, 1.54) is 18.2 Å². The van der Waals surface area contributed by atoms with Crippen molar-refractivity contribution in [1.82, 2.24) is 5.32 Å². The van der Waals surface area contributed by atoms with Gasteiger partial charge in [-0.25, -0.2) is 0 Å². The molecule has 0 bridgehead atoms. The standard InChI is InChI=1S/C18H11F6NO2/c19-17(20,21)15-6-2-1-4-12(15)5-3-11-25-16(26)13-7-9-14(10-8-13)27-18(22,23)24/h1-2,4,6-10H,11H2,(H,25,26). The fourth-order valence-electron chi connectivity index (χ4n) is 2.01. The van der Waals surface area contributed by atoms with Crippen LogP contribution in [0.1, 0.15) is 21.5 Å². The number of rotatable bonds is 3. The summed E-state index contributed by atoms with van der Waals surface area (Å²) in [7, 11) is 0. The molecule has 1 amide bonds. The van der Waals surface area contributed by atoms with Gasteiger partial charge in [-0.1, -0.05) is 24.0 Å². The molecule has 142 valence electrons. The molecular weight excluding hydrogens is 376 g/mol. The number of nitrogens with one attached hydrogen (secondary N) is 1. The fraction of sp³-hybridized carbons (Fsp3) is 0.167. The third-order valence-electron chi connectivity index (χ3n) is 3.14. The highest BCUT2D eigenvalue weighted by Crippen LogP contribution is 2.31. The second-order valence-electron chi connectivity index (χ2n) is 5.10. The van der Waals surface area contributed by atoms with E-state index in [4.69, 9.17) is 0 Å². The molecule has 0 fully saturated rings. The molecule has 1 N–H and O–H groups in total. The molecule has 0 saturated heterocycles. The van der Waals surface area contributed by atoms with Gasteiger partial charge in [-0.2, -0.15) is 13.2 Å². The van der Waals surface area contributed by atoms with Crippen LogP contribution in [0.5, 0.6) is 5.75 Å². The maximum atomic E-state index is 12.8. The Bertz CT molecular complexity index is 860. The van der Waals surface area contributed by atoms with E-state index < -0.39 is 29.8 Å². The van der Waals surface area contributed by atoms with Crippen molar-refractivity contribution in [3.8, 4) is 17.6 Å². The Hall–Kier alpha value is -3.15. The molecule has 0 saturated carbocycles. The van der Waals surface area contributed by atoms with Crippen molar-refractivity contribution in [2.75, 3.05) is 6.54 Å². The summed E-state index contributed by atoms with van der Waals surface area (Å²) in [6, 6.07) is 8.90. The summed E-state index contributed by atoms with van der Waals surface area (Å²) in [5.41, 5.74) is -1.07. The largest absolute Gasteiger partial charge is 0.573 e. The minimum absolute atomic E-state index is 0.0435. The van der Waals surface area contributed by atoms with Crippen LogP contribution in [-0.4, -0.2) is 18.8 Å². The number of alkyl halides is 6. The molecule has 0 atom stereocenters. The topological polar surface area (TPSA) is 38.3 Å². The Morgan fingerprint density at radius 1 is 0.963 bits per heavy atom. The lowest BCUT2D eigenvalue weighted by Gasteiger charge is -2.09. The third-order valence-corrected chi connectivity index (χ3v) is 3.14. The summed E-state index contributed by atoms with van der Waals surface area (Å²) in [4.78, 5) is 11.9. The minimum atomic E-state index is -4.84. The van der Waals surface area contributed by atoms with Crippen molar-refractivity contribution >= 4 is 5.91 Å². The summed E-state index contributed by atoms with van der Waals surface area (Å²) >= 11 is 0. The van der Waals surface area contributed by atoms with Crippen LogP contribution in [0.2, 0.25) is 0 Å². The van der Waals surface area contributed by atoms with E-state index in [2.05, 4.69) is 21.9 Å². The molecule has 2 rings (SSSR count). The highest BCUT2D eigenvalue weighted by molar-refractivity contribution is 5.94. The van der Waals surface area contributed by atoms with E-state index in [1.54, 1.807) is 0 Å². The molecule has 27 heavy (non-hydrogen) atoms. The van der Waals surface area contributed by atoms with Crippen LogP contribution in [0, 0.1) is 11.8 Å². The molecule has 2 aromatic carbocycles. The molecule has 0 aliphatic rings. The summed E-state index contributed by atoms with van der Waals surface area (Å²) in [6.45, 7) is -0.244. The van der Waals surface area contributed by atoms with Gasteiger partial charge in [0.25, 0.3) is 5.91 Å². The summed E-state index contributed by atoms with van der Waals surface area (Å²) in [6.07, 6.45) is -9.39. The Balaban J connectivity index is 1.97. The minimum Gasteiger partial charge on any atom is -0.406 e. The number of carbonyl (C=O) groups excluding carboxylic acids is 1. The van der Waals surface area contributed by atoms with Crippen LogP contribution in [0.4, 0.5) is 26.3 Å². The summed E-state index contributed by atoms with van der Waals surface area (Å²) < 4.78 is 78.3. The Morgan fingerprint density at radius 2 is 1.59 bits per heavy atom. The Kier molecular flexibility index (Phi) is 6.00. The summed E-state index contributed by atoms with van der Waals surface area (Å²) in [5.74, 6) is 3.60. The maximum Gasteiger partial charge on any atom is 0.573 e. The number of benzene rings is 2. The van der Waals surface area contributed by atoms with E-state index >= 15 is 0 Å². The van der Waals surface area contributed by atoms with Gasteiger partial charge in [0.1, 0.15) is 5.75 Å². The van der Waals surface area contributed by atoms with Crippen molar-refractivity contribution in [1.29, 1.82) is 0 Å². The van der Waals surface area contributed by atoms with Crippen LogP contribution >= 0.6 is 0 Å². The number of amides is 1. The number of hydrogen-bond acceptors (Lipinski definition) is 2. The van der Waals surface area contributed by atoms with Gasteiger partial charge in [-0.3, -0.25) is 4.79 Å². The van der Waals surface area contributed by atoms with Crippen molar-refractivity contribution in [2.24, 2.45) is 0 Å². The molecule has 0 heterocycles. The van der Waals surface area contributed by atoms with E-state index in [0.717, 1.165) is 30.3 Å². The monoisotopic (exact) mass is 387 g/mol. The predicted molar refractivity (Wildman–Crippen MR) is 83.8 cm³/mol. The zero-order chi connectivity index (χ0) is 20.1. The highest BCUT2D eigenvalue weighted by atomic mass is 19.4. The van der Waals surface area contributed by atoms with Crippen molar-refractivity contribution in [3.05, 3.63) is 65.2 Å². The number of hydrogen-bond donors (Lipinski definition) is 1. The van der Waals surface area contributed by atoms with Gasteiger partial charge in [0.2, 0.25) is 0 Å². The van der Waals surface area contributed by atoms with Gasteiger partial charge >= 0.3 is 12.5 Å². The number of carbonyl (C=O) groups is 1.